The Morgan fingerprint density at radius 3 is 2.25 bits per heavy atom. The van der Waals surface area contributed by atoms with E-state index in [4.69, 9.17) is 15.2 Å². The summed E-state index contributed by atoms with van der Waals surface area (Å²) in [6.45, 7) is 0. The molecule has 0 saturated heterocycles. The highest BCUT2D eigenvalue weighted by atomic mass is 127. The van der Waals surface area contributed by atoms with Crippen LogP contribution in [0, 0.1) is 3.57 Å². The second kappa shape index (κ2) is 7.75. The van der Waals surface area contributed by atoms with Gasteiger partial charge in [-0.15, -0.1) is 0 Å². The van der Waals surface area contributed by atoms with Gasteiger partial charge < -0.3 is 15.2 Å². The molecule has 1 heterocycles. The second-order valence-corrected chi connectivity index (χ2v) is 8.29. The molecule has 0 saturated carbocycles. The van der Waals surface area contributed by atoms with Crippen molar-refractivity contribution in [1.29, 1.82) is 0 Å². The van der Waals surface area contributed by atoms with Gasteiger partial charge in [-0.1, -0.05) is 0 Å². The molecule has 0 radical (unpaired) electrons. The van der Waals surface area contributed by atoms with E-state index in [1.54, 1.807) is 24.5 Å². The first-order chi connectivity index (χ1) is 11.2. The summed E-state index contributed by atoms with van der Waals surface area (Å²) < 4.78 is 34.3. The van der Waals surface area contributed by atoms with Gasteiger partial charge in [0.05, 0.1) is 5.75 Å². The Hall–Kier alpha value is -1.95. The van der Waals surface area contributed by atoms with Crippen molar-refractivity contribution < 1.29 is 22.7 Å². The molecule has 0 aliphatic heterocycles. The minimum atomic E-state index is -3.41. The topological polar surface area (TPSA) is 121 Å². The number of hydrogen-bond acceptors (Lipinski definition) is 7. The smallest absolute Gasteiger partial charge is 0.321 e. The van der Waals surface area contributed by atoms with Gasteiger partial charge in [-0.25, -0.2) is 18.4 Å². The van der Waals surface area contributed by atoms with Gasteiger partial charge in [0, 0.05) is 22.2 Å². The van der Waals surface area contributed by atoms with E-state index in [-0.39, 0.29) is 6.01 Å². The van der Waals surface area contributed by atoms with Gasteiger partial charge in [-0.2, -0.15) is 0 Å². The molecule has 1 unspecified atom stereocenters. The lowest BCUT2D eigenvalue weighted by Gasteiger charge is -2.15. The third kappa shape index (κ3) is 5.92. The summed E-state index contributed by atoms with van der Waals surface area (Å²) in [5.41, 5.74) is 5.17. The number of halogens is 1. The van der Waals surface area contributed by atoms with Crippen molar-refractivity contribution in [3.8, 4) is 17.5 Å². The molecule has 0 fully saturated rings. The summed E-state index contributed by atoms with van der Waals surface area (Å²) in [6, 6.07) is 6.40. The molecule has 2 aromatic rings. The predicted molar refractivity (Wildman–Crippen MR) is 94.6 cm³/mol. The number of amides is 1. The maximum atomic E-state index is 11.3. The molecule has 0 bridgehead atoms. The highest BCUT2D eigenvalue weighted by Gasteiger charge is 2.22. The molecule has 0 spiro atoms. The van der Waals surface area contributed by atoms with E-state index in [2.05, 4.69) is 32.6 Å². The average molecular weight is 463 g/mol. The predicted octanol–water partition coefficient (Wildman–Crippen LogP) is 1.15. The van der Waals surface area contributed by atoms with Crippen molar-refractivity contribution in [3.05, 3.63) is 40.2 Å². The fourth-order valence-electron chi connectivity index (χ4n) is 1.66. The molecular formula is C14H14IN3O5S. The molecule has 0 aliphatic carbocycles. The van der Waals surface area contributed by atoms with Crippen LogP contribution in [0.3, 0.4) is 0 Å². The monoisotopic (exact) mass is 463 g/mol. The van der Waals surface area contributed by atoms with Crippen LogP contribution < -0.4 is 15.2 Å². The highest BCUT2D eigenvalue weighted by Crippen LogP contribution is 2.22. The third-order valence-corrected chi connectivity index (χ3v) is 4.14. The Bertz CT molecular complexity index is 809. The minimum absolute atomic E-state index is 0.191. The molecular weight excluding hydrogens is 449 g/mol. The number of aromatic nitrogens is 2. The van der Waals surface area contributed by atoms with Gasteiger partial charge in [0.1, 0.15) is 11.5 Å². The van der Waals surface area contributed by atoms with E-state index in [0.717, 1.165) is 9.83 Å². The summed E-state index contributed by atoms with van der Waals surface area (Å²) in [4.78, 5) is 19.3. The maximum Gasteiger partial charge on any atom is 0.321 e. The van der Waals surface area contributed by atoms with Crippen molar-refractivity contribution in [2.24, 2.45) is 5.73 Å². The van der Waals surface area contributed by atoms with Crippen LogP contribution in [0.1, 0.15) is 0 Å². The van der Waals surface area contributed by atoms with Crippen LogP contribution in [0.4, 0.5) is 0 Å². The van der Waals surface area contributed by atoms with E-state index < -0.39 is 27.6 Å². The lowest BCUT2D eigenvalue weighted by Crippen LogP contribution is -2.39. The zero-order valence-corrected chi connectivity index (χ0v) is 15.5. The summed E-state index contributed by atoms with van der Waals surface area (Å²) in [5, 5.41) is 0. The van der Waals surface area contributed by atoms with E-state index >= 15 is 0 Å². The van der Waals surface area contributed by atoms with Gasteiger partial charge in [0.25, 0.3) is 5.91 Å². The SMILES string of the molecule is CS(=O)(=O)CC(Oc1ccc(Oc2ncc(I)cn2)cc1)C(N)=O. The molecule has 128 valence electrons. The number of carbonyl (C=O) groups is 1. The summed E-state index contributed by atoms with van der Waals surface area (Å²) >= 11 is 2.08. The van der Waals surface area contributed by atoms with Gasteiger partial charge >= 0.3 is 6.01 Å². The first-order valence-electron chi connectivity index (χ1n) is 6.62. The van der Waals surface area contributed by atoms with Crippen molar-refractivity contribution in [2.45, 2.75) is 6.10 Å². The number of hydrogen-bond donors (Lipinski definition) is 1. The standard InChI is InChI=1S/C14H14IN3O5S/c1-24(20,21)8-12(13(16)19)22-10-2-4-11(5-3-10)23-14-17-6-9(15)7-18-14/h2-7,12H,8H2,1H3,(H2,16,19). The Morgan fingerprint density at radius 2 is 1.75 bits per heavy atom. The lowest BCUT2D eigenvalue weighted by atomic mass is 10.3. The molecule has 1 aromatic carbocycles. The molecule has 1 amide bonds. The fraction of sp³-hybridized carbons (Fsp3) is 0.214. The number of benzene rings is 1. The van der Waals surface area contributed by atoms with E-state index in [0.29, 0.717) is 11.5 Å². The van der Waals surface area contributed by atoms with E-state index in [1.165, 1.54) is 12.1 Å². The van der Waals surface area contributed by atoms with Crippen molar-refractivity contribution in [3.63, 3.8) is 0 Å². The number of carbonyl (C=O) groups excluding carboxylic acids is 1. The molecule has 1 atom stereocenters. The zero-order chi connectivity index (χ0) is 17.7. The highest BCUT2D eigenvalue weighted by molar-refractivity contribution is 14.1. The first kappa shape index (κ1) is 18.4. The Balaban J connectivity index is 2.05. The van der Waals surface area contributed by atoms with Gasteiger partial charge in [0.2, 0.25) is 0 Å². The number of nitrogens with zero attached hydrogens (tertiary/aromatic N) is 2. The number of rotatable bonds is 7. The largest absolute Gasteiger partial charge is 0.480 e. The summed E-state index contributed by atoms with van der Waals surface area (Å²) in [5.74, 6) is -0.592. The molecule has 2 N–H and O–H groups in total. The molecule has 0 aliphatic rings. The van der Waals surface area contributed by atoms with Gasteiger partial charge in [-0.05, 0) is 46.9 Å². The van der Waals surface area contributed by atoms with Gasteiger partial charge in [0.15, 0.2) is 15.9 Å². The summed E-state index contributed by atoms with van der Waals surface area (Å²) in [6.07, 6.45) is 2.97. The molecule has 24 heavy (non-hydrogen) atoms. The lowest BCUT2D eigenvalue weighted by molar-refractivity contribution is -0.123. The number of ether oxygens (including phenoxy) is 2. The zero-order valence-electron chi connectivity index (χ0n) is 12.5. The second-order valence-electron chi connectivity index (χ2n) is 4.86. The van der Waals surface area contributed by atoms with Crippen LogP contribution in [0.2, 0.25) is 0 Å². The van der Waals surface area contributed by atoms with Crippen LogP contribution in [0.5, 0.6) is 17.5 Å². The van der Waals surface area contributed by atoms with Gasteiger partial charge in [-0.3, -0.25) is 4.79 Å². The quantitative estimate of drug-likeness (QED) is 0.612. The van der Waals surface area contributed by atoms with E-state index in [1.807, 2.05) is 0 Å². The van der Waals surface area contributed by atoms with Crippen LogP contribution >= 0.6 is 22.6 Å². The van der Waals surface area contributed by atoms with Crippen molar-refractivity contribution in [2.75, 3.05) is 12.0 Å². The third-order valence-electron chi connectivity index (χ3n) is 2.68. The molecule has 1 aromatic heterocycles. The van der Waals surface area contributed by atoms with Crippen LogP contribution in [-0.2, 0) is 14.6 Å². The fourth-order valence-corrected chi connectivity index (χ4v) is 2.72. The number of nitrogens with two attached hydrogens (primary N) is 1. The van der Waals surface area contributed by atoms with Crippen LogP contribution in [-0.4, -0.2) is 42.4 Å². The van der Waals surface area contributed by atoms with E-state index in [9.17, 15) is 13.2 Å². The molecule has 2 rings (SSSR count). The van der Waals surface area contributed by atoms with Crippen LogP contribution in [0.25, 0.3) is 0 Å². The number of sulfone groups is 1. The molecule has 10 heteroatoms. The first-order valence-corrected chi connectivity index (χ1v) is 9.76. The average Bonchev–Trinajstić information content (AvgIpc) is 2.49. The summed E-state index contributed by atoms with van der Waals surface area (Å²) in [7, 11) is -3.41. The number of primary amides is 1. The maximum absolute atomic E-state index is 11.3. The normalized spacial score (nSPS) is 12.4. The van der Waals surface area contributed by atoms with Crippen molar-refractivity contribution in [1.82, 2.24) is 9.97 Å². The Labute approximate surface area is 152 Å². The Morgan fingerprint density at radius 1 is 1.21 bits per heavy atom. The van der Waals surface area contributed by atoms with Crippen molar-refractivity contribution >= 4 is 38.3 Å². The Kier molecular flexibility index (Phi) is 5.94. The van der Waals surface area contributed by atoms with Crippen LogP contribution in [0.15, 0.2) is 36.7 Å². The minimum Gasteiger partial charge on any atom is -0.480 e. The molecule has 8 nitrogen and oxygen atoms in total.